The summed E-state index contributed by atoms with van der Waals surface area (Å²) in [6.45, 7) is 5.76. The van der Waals surface area contributed by atoms with Crippen LogP contribution in [0.15, 0.2) is 0 Å². The van der Waals surface area contributed by atoms with Crippen LogP contribution in [0.4, 0.5) is 5.82 Å². The summed E-state index contributed by atoms with van der Waals surface area (Å²) in [5, 5.41) is 6.59. The highest BCUT2D eigenvalue weighted by Crippen LogP contribution is 2.14. The number of anilines is 1. The van der Waals surface area contributed by atoms with Gasteiger partial charge in [-0.2, -0.15) is 5.10 Å². The molecular weight excluding hydrogens is 230 g/mol. The SMILES string of the molecule is Cc1[nH]nc(N)c1C(=O)N(C)CCN1CCCC1. The van der Waals surface area contributed by atoms with Crippen molar-refractivity contribution in [3.05, 3.63) is 11.3 Å². The Kier molecular flexibility index (Phi) is 3.86. The lowest BCUT2D eigenvalue weighted by molar-refractivity contribution is 0.0782. The molecule has 0 atom stereocenters. The fraction of sp³-hybridized carbons (Fsp3) is 0.667. The Hall–Kier alpha value is -1.56. The first-order valence-electron chi connectivity index (χ1n) is 6.38. The molecule has 6 heteroatoms. The number of likely N-dealkylation sites (N-methyl/N-ethyl adjacent to an activating group) is 1. The number of aromatic nitrogens is 2. The minimum absolute atomic E-state index is 0.0575. The molecule has 0 radical (unpaired) electrons. The van der Waals surface area contributed by atoms with Crippen LogP contribution in [0.5, 0.6) is 0 Å². The maximum atomic E-state index is 12.2. The molecule has 2 rings (SSSR count). The molecule has 1 aromatic rings. The number of rotatable bonds is 4. The number of aryl methyl sites for hydroxylation is 1. The predicted octanol–water partition coefficient (Wildman–Crippen LogP) is 0.468. The third-order valence-corrected chi connectivity index (χ3v) is 3.49. The molecule has 0 aromatic carbocycles. The monoisotopic (exact) mass is 251 g/mol. The molecule has 0 unspecified atom stereocenters. The van der Waals surface area contributed by atoms with Crippen LogP contribution < -0.4 is 5.73 Å². The molecule has 100 valence electrons. The van der Waals surface area contributed by atoms with Crippen molar-refractivity contribution in [1.82, 2.24) is 20.0 Å². The van der Waals surface area contributed by atoms with Crippen LogP contribution in [0.2, 0.25) is 0 Å². The first-order chi connectivity index (χ1) is 8.59. The van der Waals surface area contributed by atoms with Crippen molar-refractivity contribution in [3.63, 3.8) is 0 Å². The van der Waals surface area contributed by atoms with Gasteiger partial charge in [0.05, 0.1) is 0 Å². The van der Waals surface area contributed by atoms with Crippen molar-refractivity contribution >= 4 is 11.7 Å². The van der Waals surface area contributed by atoms with Crippen LogP contribution in [0.1, 0.15) is 28.9 Å². The van der Waals surface area contributed by atoms with Crippen LogP contribution in [0, 0.1) is 6.92 Å². The highest BCUT2D eigenvalue weighted by atomic mass is 16.2. The molecule has 3 N–H and O–H groups in total. The summed E-state index contributed by atoms with van der Waals surface area (Å²) < 4.78 is 0. The van der Waals surface area contributed by atoms with E-state index >= 15 is 0 Å². The Morgan fingerprint density at radius 2 is 2.17 bits per heavy atom. The molecule has 1 aliphatic rings. The van der Waals surface area contributed by atoms with Crippen LogP contribution in [0.3, 0.4) is 0 Å². The molecule has 1 saturated heterocycles. The second kappa shape index (κ2) is 5.39. The first kappa shape index (κ1) is 12.9. The van der Waals surface area contributed by atoms with Gasteiger partial charge in [-0.3, -0.25) is 9.89 Å². The fourth-order valence-electron chi connectivity index (χ4n) is 2.31. The molecule has 1 fully saturated rings. The number of nitrogen functional groups attached to an aromatic ring is 1. The van der Waals surface area contributed by atoms with Gasteiger partial charge in [0.2, 0.25) is 0 Å². The van der Waals surface area contributed by atoms with E-state index < -0.39 is 0 Å². The molecule has 0 bridgehead atoms. The van der Waals surface area contributed by atoms with E-state index in [0.717, 1.165) is 31.9 Å². The maximum Gasteiger partial charge on any atom is 0.259 e. The molecule has 1 amide bonds. The van der Waals surface area contributed by atoms with Crippen molar-refractivity contribution in [2.24, 2.45) is 0 Å². The third-order valence-electron chi connectivity index (χ3n) is 3.49. The molecule has 18 heavy (non-hydrogen) atoms. The highest BCUT2D eigenvalue weighted by molar-refractivity contribution is 5.99. The quantitative estimate of drug-likeness (QED) is 0.815. The number of nitrogens with zero attached hydrogens (tertiary/aromatic N) is 3. The van der Waals surface area contributed by atoms with Gasteiger partial charge in [-0.15, -0.1) is 0 Å². The molecule has 2 heterocycles. The summed E-state index contributed by atoms with van der Waals surface area (Å²) in [7, 11) is 1.81. The molecule has 1 aliphatic heterocycles. The van der Waals surface area contributed by atoms with Gasteiger partial charge in [-0.25, -0.2) is 0 Å². The average molecular weight is 251 g/mol. The van der Waals surface area contributed by atoms with Gasteiger partial charge in [0.15, 0.2) is 5.82 Å². The summed E-state index contributed by atoms with van der Waals surface area (Å²) in [6, 6.07) is 0. The smallest absolute Gasteiger partial charge is 0.259 e. The minimum Gasteiger partial charge on any atom is -0.382 e. The summed E-state index contributed by atoms with van der Waals surface area (Å²) in [6.07, 6.45) is 2.54. The van der Waals surface area contributed by atoms with E-state index in [0.29, 0.717) is 5.56 Å². The van der Waals surface area contributed by atoms with Gasteiger partial charge in [0, 0.05) is 25.8 Å². The van der Waals surface area contributed by atoms with Gasteiger partial charge in [0.1, 0.15) is 5.56 Å². The Morgan fingerprint density at radius 3 is 2.72 bits per heavy atom. The van der Waals surface area contributed by atoms with Crippen molar-refractivity contribution in [3.8, 4) is 0 Å². The normalized spacial score (nSPS) is 16.1. The minimum atomic E-state index is -0.0575. The van der Waals surface area contributed by atoms with Crippen LogP contribution in [-0.4, -0.2) is 59.1 Å². The van der Waals surface area contributed by atoms with E-state index in [1.165, 1.54) is 12.8 Å². The second-order valence-corrected chi connectivity index (χ2v) is 4.88. The molecule has 0 saturated carbocycles. The Morgan fingerprint density at radius 1 is 1.50 bits per heavy atom. The number of amides is 1. The number of hydrogen-bond donors (Lipinski definition) is 2. The van der Waals surface area contributed by atoms with E-state index in [1.807, 2.05) is 14.0 Å². The van der Waals surface area contributed by atoms with E-state index in [-0.39, 0.29) is 11.7 Å². The maximum absolute atomic E-state index is 12.2. The van der Waals surface area contributed by atoms with Crippen molar-refractivity contribution in [2.75, 3.05) is 39.0 Å². The third kappa shape index (κ3) is 2.64. The lowest BCUT2D eigenvalue weighted by Gasteiger charge is -2.21. The zero-order valence-electron chi connectivity index (χ0n) is 11.1. The van der Waals surface area contributed by atoms with Crippen molar-refractivity contribution < 1.29 is 4.79 Å². The zero-order valence-corrected chi connectivity index (χ0v) is 11.1. The predicted molar refractivity (Wildman–Crippen MR) is 70.4 cm³/mol. The zero-order chi connectivity index (χ0) is 13.1. The fourth-order valence-corrected chi connectivity index (χ4v) is 2.31. The Labute approximate surface area is 107 Å². The van der Waals surface area contributed by atoms with Gasteiger partial charge in [0.25, 0.3) is 5.91 Å². The summed E-state index contributed by atoms with van der Waals surface area (Å²) in [5.74, 6) is 0.225. The van der Waals surface area contributed by atoms with Crippen LogP contribution in [0.25, 0.3) is 0 Å². The van der Waals surface area contributed by atoms with Crippen molar-refractivity contribution in [2.45, 2.75) is 19.8 Å². The number of aromatic amines is 1. The number of hydrogen-bond acceptors (Lipinski definition) is 4. The van der Waals surface area contributed by atoms with E-state index in [1.54, 1.807) is 4.90 Å². The van der Waals surface area contributed by atoms with E-state index in [2.05, 4.69) is 15.1 Å². The molecule has 0 spiro atoms. The topological polar surface area (TPSA) is 78.2 Å². The van der Waals surface area contributed by atoms with Gasteiger partial charge in [-0.1, -0.05) is 0 Å². The lowest BCUT2D eigenvalue weighted by atomic mass is 10.2. The number of H-pyrrole nitrogens is 1. The summed E-state index contributed by atoms with van der Waals surface area (Å²) in [5.41, 5.74) is 6.92. The van der Waals surface area contributed by atoms with Crippen molar-refractivity contribution in [1.29, 1.82) is 0 Å². The second-order valence-electron chi connectivity index (χ2n) is 4.88. The highest BCUT2D eigenvalue weighted by Gasteiger charge is 2.20. The number of carbonyl (C=O) groups excluding carboxylic acids is 1. The number of nitrogens with two attached hydrogens (primary N) is 1. The molecular formula is C12H21N5O. The van der Waals surface area contributed by atoms with Crippen LogP contribution in [-0.2, 0) is 0 Å². The number of nitrogens with one attached hydrogen (secondary N) is 1. The summed E-state index contributed by atoms with van der Waals surface area (Å²) >= 11 is 0. The lowest BCUT2D eigenvalue weighted by Crippen LogP contribution is -2.35. The van der Waals surface area contributed by atoms with Gasteiger partial charge < -0.3 is 15.5 Å². The van der Waals surface area contributed by atoms with Gasteiger partial charge in [-0.05, 0) is 32.9 Å². The van der Waals surface area contributed by atoms with Crippen LogP contribution >= 0.6 is 0 Å². The summed E-state index contributed by atoms with van der Waals surface area (Å²) in [4.78, 5) is 16.3. The average Bonchev–Trinajstić information content (AvgIpc) is 2.96. The standard InChI is InChI=1S/C12H21N5O/c1-9-10(11(13)15-14-9)12(18)16(2)7-8-17-5-3-4-6-17/h3-8H2,1-2H3,(H3,13,14,15). The molecule has 0 aliphatic carbocycles. The first-order valence-corrected chi connectivity index (χ1v) is 6.38. The number of carbonyl (C=O) groups is 1. The molecule has 6 nitrogen and oxygen atoms in total. The molecule has 1 aromatic heterocycles. The number of likely N-dealkylation sites (tertiary alicyclic amines) is 1. The van der Waals surface area contributed by atoms with E-state index in [9.17, 15) is 4.79 Å². The Bertz CT molecular complexity index is 403. The Balaban J connectivity index is 1.92. The van der Waals surface area contributed by atoms with E-state index in [4.69, 9.17) is 5.73 Å². The largest absolute Gasteiger partial charge is 0.382 e. The van der Waals surface area contributed by atoms with Gasteiger partial charge >= 0.3 is 0 Å².